The van der Waals surface area contributed by atoms with E-state index in [1.54, 1.807) is 0 Å². The van der Waals surface area contributed by atoms with Gasteiger partial charge in [0.1, 0.15) is 6.61 Å². The zero-order valence-corrected chi connectivity index (χ0v) is 23.5. The largest absolute Gasteiger partial charge is 0.489 e. The Hall–Kier alpha value is -3.85. The second-order valence-corrected chi connectivity index (χ2v) is 10.8. The molecule has 1 aromatic carbocycles. The van der Waals surface area contributed by atoms with Crippen molar-refractivity contribution in [3.05, 3.63) is 69.3 Å². The van der Waals surface area contributed by atoms with Crippen molar-refractivity contribution in [1.82, 2.24) is 20.2 Å². The van der Waals surface area contributed by atoms with Crippen molar-refractivity contribution in [2.75, 3.05) is 56.2 Å². The molecule has 0 saturated carbocycles. The number of carbonyl (C=O) groups is 1. The molecule has 0 spiro atoms. The summed E-state index contributed by atoms with van der Waals surface area (Å²) in [5.74, 6) is 0.284. The van der Waals surface area contributed by atoms with Crippen LogP contribution in [0.5, 0.6) is 5.75 Å². The lowest BCUT2D eigenvalue weighted by Crippen LogP contribution is -2.44. The third-order valence-electron chi connectivity index (χ3n) is 7.66. The molecule has 2 N–H and O–H groups in total. The molecule has 9 heteroatoms. The van der Waals surface area contributed by atoms with Gasteiger partial charge in [-0.1, -0.05) is 0 Å². The molecule has 206 valence electrons. The minimum Gasteiger partial charge on any atom is -0.489 e. The van der Waals surface area contributed by atoms with Gasteiger partial charge in [0.2, 0.25) is 0 Å². The number of H-pyrrole nitrogens is 1. The molecule has 2 aromatic heterocycles. The second kappa shape index (κ2) is 11.1. The molecule has 0 unspecified atom stereocenters. The number of nitrogens with zero attached hydrogens (tertiary/aromatic N) is 4. The van der Waals surface area contributed by atoms with Crippen molar-refractivity contribution in [1.29, 1.82) is 0 Å². The second-order valence-electron chi connectivity index (χ2n) is 10.8. The summed E-state index contributed by atoms with van der Waals surface area (Å²) in [6, 6.07) is 10.2. The van der Waals surface area contributed by atoms with Crippen LogP contribution in [0.15, 0.2) is 41.3 Å². The van der Waals surface area contributed by atoms with E-state index in [1.807, 2.05) is 38.2 Å². The highest BCUT2D eigenvalue weighted by atomic mass is 16.5. The van der Waals surface area contributed by atoms with Gasteiger partial charge < -0.3 is 29.7 Å². The van der Waals surface area contributed by atoms with Gasteiger partial charge in [0, 0.05) is 55.6 Å². The first kappa shape index (κ1) is 26.7. The summed E-state index contributed by atoms with van der Waals surface area (Å²) in [5.41, 5.74) is 6.08. The van der Waals surface area contributed by atoms with Crippen LogP contribution in [0.3, 0.4) is 0 Å². The Balaban J connectivity index is 1.47. The molecule has 2 aliphatic rings. The van der Waals surface area contributed by atoms with Crippen molar-refractivity contribution >= 4 is 17.3 Å². The highest BCUT2D eigenvalue weighted by Gasteiger charge is 2.27. The van der Waals surface area contributed by atoms with Crippen molar-refractivity contribution in [2.45, 2.75) is 40.3 Å². The average Bonchev–Trinajstić information content (AvgIpc) is 2.92. The molecule has 39 heavy (non-hydrogen) atoms. The van der Waals surface area contributed by atoms with E-state index in [9.17, 15) is 9.59 Å². The number of pyridine rings is 2. The Kier molecular flexibility index (Phi) is 7.61. The molecule has 0 bridgehead atoms. The van der Waals surface area contributed by atoms with Crippen molar-refractivity contribution < 1.29 is 9.53 Å². The smallest absolute Gasteiger partial charge is 0.255 e. The van der Waals surface area contributed by atoms with Crippen LogP contribution in [0.25, 0.3) is 11.3 Å². The van der Waals surface area contributed by atoms with E-state index in [1.165, 1.54) is 0 Å². The first-order chi connectivity index (χ1) is 18.7. The number of ether oxygens (including phenoxy) is 1. The molecule has 2 aliphatic heterocycles. The summed E-state index contributed by atoms with van der Waals surface area (Å²) in [7, 11) is 2.15. The maximum Gasteiger partial charge on any atom is 0.255 e. The Morgan fingerprint density at radius 2 is 1.87 bits per heavy atom. The fourth-order valence-corrected chi connectivity index (χ4v) is 5.37. The molecule has 1 amide bonds. The summed E-state index contributed by atoms with van der Waals surface area (Å²) in [6.07, 6.45) is 1.92. The number of amides is 1. The van der Waals surface area contributed by atoms with Gasteiger partial charge >= 0.3 is 0 Å². The highest BCUT2D eigenvalue weighted by molar-refractivity contribution is 6.00. The maximum absolute atomic E-state index is 13.6. The first-order valence-electron chi connectivity index (χ1n) is 13.7. The summed E-state index contributed by atoms with van der Waals surface area (Å²) < 4.78 is 6.07. The third-order valence-corrected chi connectivity index (χ3v) is 7.66. The van der Waals surface area contributed by atoms with Crippen LogP contribution < -0.4 is 25.4 Å². The number of likely N-dealkylation sites (N-methyl/N-ethyl adjacent to an activating group) is 1. The zero-order valence-electron chi connectivity index (χ0n) is 23.5. The standard InChI is InChI=1S/C30H38N6O3/c1-19(2)36-12-13-39-28-24(29(37)32-18-25-20(3)14-21(4)33-30(25)38)15-22(16-27(28)36)26-7-6-23(17-31-26)35-10-8-34(5)9-11-35/h6-7,14-17,19H,8-13,18H2,1-5H3,(H,32,37)(H,33,38). The fourth-order valence-electron chi connectivity index (χ4n) is 5.37. The molecule has 0 atom stereocenters. The van der Waals surface area contributed by atoms with Crippen LogP contribution >= 0.6 is 0 Å². The van der Waals surface area contributed by atoms with Crippen LogP contribution in [0.1, 0.15) is 41.0 Å². The van der Waals surface area contributed by atoms with E-state index in [-0.39, 0.29) is 24.1 Å². The molecule has 4 heterocycles. The van der Waals surface area contributed by atoms with Gasteiger partial charge in [-0.05, 0) is 70.6 Å². The van der Waals surface area contributed by atoms with E-state index >= 15 is 0 Å². The lowest BCUT2D eigenvalue weighted by molar-refractivity contribution is 0.0946. The topological polar surface area (TPSA) is 93.8 Å². The van der Waals surface area contributed by atoms with E-state index in [0.717, 1.165) is 66.6 Å². The van der Waals surface area contributed by atoms with E-state index in [2.05, 4.69) is 58.0 Å². The number of aromatic nitrogens is 2. The van der Waals surface area contributed by atoms with E-state index in [4.69, 9.17) is 9.72 Å². The zero-order chi connectivity index (χ0) is 27.7. The summed E-state index contributed by atoms with van der Waals surface area (Å²) in [4.78, 5) is 40.6. The monoisotopic (exact) mass is 530 g/mol. The van der Waals surface area contributed by atoms with Crippen molar-refractivity contribution in [2.24, 2.45) is 0 Å². The van der Waals surface area contributed by atoms with Crippen LogP contribution in [0.2, 0.25) is 0 Å². The predicted molar refractivity (Wildman–Crippen MR) is 155 cm³/mol. The minimum atomic E-state index is -0.285. The van der Waals surface area contributed by atoms with Crippen LogP contribution in [0, 0.1) is 13.8 Å². The van der Waals surface area contributed by atoms with Crippen molar-refractivity contribution in [3.8, 4) is 17.0 Å². The third kappa shape index (κ3) is 5.63. The summed E-state index contributed by atoms with van der Waals surface area (Å²) in [6.45, 7) is 13.4. The lowest BCUT2D eigenvalue weighted by Gasteiger charge is -2.35. The first-order valence-corrected chi connectivity index (χ1v) is 13.7. The number of fused-ring (bicyclic) bond motifs is 1. The van der Waals surface area contributed by atoms with Gasteiger partial charge in [-0.3, -0.25) is 14.6 Å². The molecule has 9 nitrogen and oxygen atoms in total. The van der Waals surface area contributed by atoms with Gasteiger partial charge in [-0.25, -0.2) is 0 Å². The number of piperazine rings is 1. The fraction of sp³-hybridized carbons (Fsp3) is 0.433. The number of aromatic amines is 1. The Labute approximate surface area is 229 Å². The molecule has 1 saturated heterocycles. The highest BCUT2D eigenvalue weighted by Crippen LogP contribution is 2.40. The van der Waals surface area contributed by atoms with E-state index in [0.29, 0.717) is 23.5 Å². The molecule has 0 aliphatic carbocycles. The lowest BCUT2D eigenvalue weighted by atomic mass is 10.0. The van der Waals surface area contributed by atoms with Crippen LogP contribution in [-0.4, -0.2) is 73.2 Å². The van der Waals surface area contributed by atoms with E-state index < -0.39 is 0 Å². The number of nitrogens with one attached hydrogen (secondary N) is 2. The number of anilines is 2. The summed E-state index contributed by atoms with van der Waals surface area (Å²) >= 11 is 0. The predicted octanol–water partition coefficient (Wildman–Crippen LogP) is 3.34. The van der Waals surface area contributed by atoms with Gasteiger partial charge in [-0.15, -0.1) is 0 Å². The van der Waals surface area contributed by atoms with Crippen LogP contribution in [-0.2, 0) is 6.54 Å². The summed E-state index contributed by atoms with van der Waals surface area (Å²) in [5, 5.41) is 2.96. The number of rotatable bonds is 6. The molecule has 5 rings (SSSR count). The van der Waals surface area contributed by atoms with Crippen molar-refractivity contribution in [3.63, 3.8) is 0 Å². The van der Waals surface area contributed by atoms with Gasteiger partial charge in [0.15, 0.2) is 5.75 Å². The van der Waals surface area contributed by atoms with Gasteiger partial charge in [-0.2, -0.15) is 0 Å². The quantitative estimate of drug-likeness (QED) is 0.505. The normalized spacial score (nSPS) is 15.7. The number of benzene rings is 1. The SMILES string of the molecule is Cc1cc(C)c(CNC(=O)c2cc(-c3ccc(N4CCN(C)CC4)cn3)cc3c2OCCN3C(C)C)c(=O)[nH]1. The maximum atomic E-state index is 13.6. The Morgan fingerprint density at radius 1 is 1.10 bits per heavy atom. The van der Waals surface area contributed by atoms with Gasteiger partial charge in [0.25, 0.3) is 11.5 Å². The number of carbonyl (C=O) groups excluding carboxylic acids is 1. The number of hydrogen-bond acceptors (Lipinski definition) is 7. The molecule has 0 radical (unpaired) electrons. The van der Waals surface area contributed by atoms with Crippen LogP contribution in [0.4, 0.5) is 11.4 Å². The molecular weight excluding hydrogens is 492 g/mol. The van der Waals surface area contributed by atoms with Gasteiger partial charge in [0.05, 0.1) is 35.4 Å². The minimum absolute atomic E-state index is 0.130. The Bertz CT molecular complexity index is 1410. The average molecular weight is 531 g/mol. The molecular formula is C30H38N6O3. The Morgan fingerprint density at radius 3 is 2.54 bits per heavy atom. The molecule has 3 aromatic rings. The number of aryl methyl sites for hydroxylation is 2. The molecule has 1 fully saturated rings. The number of hydrogen-bond donors (Lipinski definition) is 2.